The third kappa shape index (κ3) is 2.60. The van der Waals surface area contributed by atoms with Crippen LogP contribution in [0.2, 0.25) is 0 Å². The maximum absolute atomic E-state index is 12.0. The van der Waals surface area contributed by atoms with Crippen LogP contribution in [0.15, 0.2) is 18.2 Å². The Labute approximate surface area is 123 Å². The van der Waals surface area contributed by atoms with Crippen LogP contribution in [-0.2, 0) is 4.79 Å². The molecule has 1 saturated carbocycles. The van der Waals surface area contributed by atoms with Crippen molar-refractivity contribution in [3.05, 3.63) is 23.8 Å². The van der Waals surface area contributed by atoms with E-state index in [9.17, 15) is 9.90 Å². The summed E-state index contributed by atoms with van der Waals surface area (Å²) in [5.74, 6) is 6.32. The van der Waals surface area contributed by atoms with E-state index in [4.69, 9.17) is 10.5 Å². The number of nitrogens with zero attached hydrogens (tertiary/aromatic N) is 1. The molecule has 0 aromatic heterocycles. The Balaban J connectivity index is 1.92. The summed E-state index contributed by atoms with van der Waals surface area (Å²) in [7, 11) is 1.67. The number of nitrogens with two attached hydrogens (primary N) is 1. The fraction of sp³-hybridized carbons (Fsp3) is 0.438. The van der Waals surface area contributed by atoms with E-state index in [1.807, 2.05) is 6.07 Å². The maximum atomic E-state index is 12.0. The fourth-order valence-corrected chi connectivity index (χ4v) is 2.42. The van der Waals surface area contributed by atoms with E-state index in [1.165, 1.54) is 4.90 Å². The van der Waals surface area contributed by atoms with E-state index in [0.29, 0.717) is 11.4 Å². The minimum Gasteiger partial charge on any atom is -0.489 e. The normalized spacial score (nSPS) is 23.1. The summed E-state index contributed by atoms with van der Waals surface area (Å²) in [6, 6.07) is 4.74. The molecule has 110 valence electrons. The fourth-order valence-electron chi connectivity index (χ4n) is 2.42. The number of hydrogen-bond acceptors (Lipinski definition) is 4. The lowest BCUT2D eigenvalue weighted by atomic mass is 9.81. The molecular weight excluding hydrogens is 268 g/mol. The maximum Gasteiger partial charge on any atom is 0.247 e. The summed E-state index contributed by atoms with van der Waals surface area (Å²) in [6.07, 6.45) is 2.46. The van der Waals surface area contributed by atoms with Gasteiger partial charge < -0.3 is 20.5 Å². The van der Waals surface area contributed by atoms with E-state index < -0.39 is 11.6 Å². The molecule has 3 N–H and O–H groups in total. The van der Waals surface area contributed by atoms with Crippen molar-refractivity contribution >= 4 is 11.6 Å². The van der Waals surface area contributed by atoms with Crippen molar-refractivity contribution in [2.75, 3.05) is 18.6 Å². The molecule has 0 radical (unpaired) electrons. The van der Waals surface area contributed by atoms with Crippen molar-refractivity contribution in [1.82, 2.24) is 0 Å². The van der Waals surface area contributed by atoms with Crippen LogP contribution in [0, 0.1) is 11.8 Å². The summed E-state index contributed by atoms with van der Waals surface area (Å²) in [5, 5.41) is 10.0. The van der Waals surface area contributed by atoms with Crippen molar-refractivity contribution in [3.63, 3.8) is 0 Å². The van der Waals surface area contributed by atoms with Crippen LogP contribution in [0.25, 0.3) is 0 Å². The second-order valence-corrected chi connectivity index (χ2v) is 5.63. The molecule has 1 amide bonds. The smallest absolute Gasteiger partial charge is 0.247 e. The average Bonchev–Trinajstić information content (AvgIpc) is 2.56. The highest BCUT2D eigenvalue weighted by Crippen LogP contribution is 2.32. The zero-order valence-electron chi connectivity index (χ0n) is 11.9. The number of rotatable bonds is 0. The number of benzene rings is 1. The monoisotopic (exact) mass is 286 g/mol. The molecule has 21 heavy (non-hydrogen) atoms. The lowest BCUT2D eigenvalue weighted by Crippen LogP contribution is -2.43. The van der Waals surface area contributed by atoms with E-state index >= 15 is 0 Å². The standard InChI is InChI=1S/C16H18N2O3/c1-18-13-9-11(5-8-16(20)6-2-7-16)3-4-14(13)21-10-12(17)15(18)19/h3-4,9,12,20H,2,6-7,10,17H2,1H3/t12-/m0/s1. The Hall–Kier alpha value is -2.03. The van der Waals surface area contributed by atoms with Crippen LogP contribution in [-0.4, -0.2) is 36.3 Å². The number of ether oxygens (including phenoxy) is 1. The number of fused-ring (bicyclic) bond motifs is 1. The van der Waals surface area contributed by atoms with Gasteiger partial charge in [-0.25, -0.2) is 0 Å². The molecule has 3 rings (SSSR count). The Morgan fingerprint density at radius 3 is 2.90 bits per heavy atom. The quantitative estimate of drug-likeness (QED) is 0.686. The van der Waals surface area contributed by atoms with Gasteiger partial charge in [-0.1, -0.05) is 11.8 Å². The molecule has 0 saturated heterocycles. The molecule has 0 spiro atoms. The number of carbonyl (C=O) groups is 1. The predicted molar refractivity (Wildman–Crippen MR) is 79.0 cm³/mol. The van der Waals surface area contributed by atoms with Crippen molar-refractivity contribution in [2.45, 2.75) is 30.9 Å². The zero-order chi connectivity index (χ0) is 15.0. The molecule has 0 unspecified atom stereocenters. The van der Waals surface area contributed by atoms with Gasteiger partial charge in [-0.15, -0.1) is 0 Å². The van der Waals surface area contributed by atoms with Crippen LogP contribution >= 0.6 is 0 Å². The van der Waals surface area contributed by atoms with Gasteiger partial charge in [0.05, 0.1) is 5.69 Å². The molecule has 1 heterocycles. The highest BCUT2D eigenvalue weighted by atomic mass is 16.5. The average molecular weight is 286 g/mol. The van der Waals surface area contributed by atoms with E-state index in [0.717, 1.165) is 24.8 Å². The largest absolute Gasteiger partial charge is 0.489 e. The minimum absolute atomic E-state index is 0.168. The van der Waals surface area contributed by atoms with E-state index in [2.05, 4.69) is 11.8 Å². The van der Waals surface area contributed by atoms with Gasteiger partial charge in [-0.2, -0.15) is 0 Å². The van der Waals surface area contributed by atoms with Crippen LogP contribution in [0.3, 0.4) is 0 Å². The molecular formula is C16H18N2O3. The van der Waals surface area contributed by atoms with Gasteiger partial charge in [0.25, 0.3) is 0 Å². The van der Waals surface area contributed by atoms with Crippen molar-refractivity contribution in [2.24, 2.45) is 5.73 Å². The topological polar surface area (TPSA) is 75.8 Å². The molecule has 5 heteroatoms. The van der Waals surface area contributed by atoms with E-state index in [-0.39, 0.29) is 12.5 Å². The Morgan fingerprint density at radius 1 is 1.48 bits per heavy atom. The van der Waals surface area contributed by atoms with Crippen molar-refractivity contribution in [1.29, 1.82) is 0 Å². The first kappa shape index (κ1) is 13.9. The summed E-state index contributed by atoms with van der Waals surface area (Å²) >= 11 is 0. The highest BCUT2D eigenvalue weighted by molar-refractivity contribution is 5.98. The molecule has 1 aliphatic carbocycles. The molecule has 1 aliphatic heterocycles. The second-order valence-electron chi connectivity index (χ2n) is 5.63. The first-order valence-corrected chi connectivity index (χ1v) is 7.04. The Bertz CT molecular complexity index is 641. The second kappa shape index (κ2) is 5.06. The first-order chi connectivity index (χ1) is 9.98. The van der Waals surface area contributed by atoms with E-state index in [1.54, 1.807) is 19.2 Å². The van der Waals surface area contributed by atoms with Gasteiger partial charge in [0, 0.05) is 12.6 Å². The third-order valence-electron chi connectivity index (χ3n) is 4.01. The number of aliphatic hydroxyl groups is 1. The summed E-state index contributed by atoms with van der Waals surface area (Å²) in [5.41, 5.74) is 6.31. The molecule has 1 aromatic carbocycles. The molecule has 1 fully saturated rings. The van der Waals surface area contributed by atoms with Crippen LogP contribution in [0.4, 0.5) is 5.69 Å². The number of hydrogen-bond donors (Lipinski definition) is 2. The third-order valence-corrected chi connectivity index (χ3v) is 4.01. The number of amides is 1. The Kier molecular flexibility index (Phi) is 3.36. The van der Waals surface area contributed by atoms with Gasteiger partial charge in [0.1, 0.15) is 24.0 Å². The molecule has 5 nitrogen and oxygen atoms in total. The molecule has 1 aromatic rings. The number of carbonyl (C=O) groups excluding carboxylic acids is 1. The van der Waals surface area contributed by atoms with Crippen LogP contribution in [0.5, 0.6) is 5.75 Å². The zero-order valence-corrected chi connectivity index (χ0v) is 11.9. The van der Waals surface area contributed by atoms with Gasteiger partial charge in [0.2, 0.25) is 5.91 Å². The molecule has 2 aliphatic rings. The lowest BCUT2D eigenvalue weighted by molar-refractivity contribution is -0.119. The van der Waals surface area contributed by atoms with Crippen molar-refractivity contribution in [3.8, 4) is 17.6 Å². The van der Waals surface area contributed by atoms with Gasteiger partial charge in [0.15, 0.2) is 0 Å². The first-order valence-electron chi connectivity index (χ1n) is 7.04. The molecule has 0 bridgehead atoms. The number of likely N-dealkylation sites (N-methyl/N-ethyl adjacent to an activating group) is 1. The van der Waals surface area contributed by atoms with Crippen molar-refractivity contribution < 1.29 is 14.6 Å². The van der Waals surface area contributed by atoms with Gasteiger partial charge >= 0.3 is 0 Å². The van der Waals surface area contributed by atoms with Crippen LogP contribution in [0.1, 0.15) is 24.8 Å². The summed E-state index contributed by atoms with van der Waals surface area (Å²) < 4.78 is 5.55. The summed E-state index contributed by atoms with van der Waals surface area (Å²) in [6.45, 7) is 0.168. The minimum atomic E-state index is -0.840. The lowest BCUT2D eigenvalue weighted by Gasteiger charge is -2.30. The Morgan fingerprint density at radius 2 is 2.24 bits per heavy atom. The van der Waals surface area contributed by atoms with Crippen LogP contribution < -0.4 is 15.4 Å². The SMILES string of the molecule is CN1C(=O)[C@@H](N)COc2ccc(C#CC3(O)CCC3)cc21. The van der Waals surface area contributed by atoms with Gasteiger partial charge in [-0.3, -0.25) is 4.79 Å². The molecule has 1 atom stereocenters. The van der Waals surface area contributed by atoms with Gasteiger partial charge in [-0.05, 0) is 37.5 Å². The predicted octanol–water partition coefficient (Wildman–Crippen LogP) is 0.636. The number of anilines is 1. The summed E-state index contributed by atoms with van der Waals surface area (Å²) in [4.78, 5) is 13.5. The highest BCUT2D eigenvalue weighted by Gasteiger charge is 2.32.